The zero-order valence-electron chi connectivity index (χ0n) is 13.1. The molecule has 1 atom stereocenters. The van der Waals surface area contributed by atoms with Crippen LogP contribution >= 0.6 is 11.3 Å². The molecule has 130 valence electrons. The predicted octanol–water partition coefficient (Wildman–Crippen LogP) is 1.13. The molecule has 1 aromatic heterocycles. The van der Waals surface area contributed by atoms with Gasteiger partial charge in [0.2, 0.25) is 5.91 Å². The first kappa shape index (κ1) is 18.1. The van der Waals surface area contributed by atoms with E-state index >= 15 is 0 Å². The molecule has 0 saturated carbocycles. The largest absolute Gasteiger partial charge is 0.449 e. The molecule has 2 rings (SSSR count). The smallest absolute Gasteiger partial charge is 0.338 e. The molecule has 8 nitrogen and oxygen atoms in total. The van der Waals surface area contributed by atoms with Crippen molar-refractivity contribution >= 4 is 40.0 Å². The highest BCUT2D eigenvalue weighted by molar-refractivity contribution is 7.14. The third-order valence-electron chi connectivity index (χ3n) is 3.23. The van der Waals surface area contributed by atoms with Crippen LogP contribution in [0.5, 0.6) is 0 Å². The van der Waals surface area contributed by atoms with Crippen LogP contribution < -0.4 is 16.8 Å². The Labute approximate surface area is 146 Å². The second kappa shape index (κ2) is 7.58. The highest BCUT2D eigenvalue weighted by Crippen LogP contribution is 2.23. The summed E-state index contributed by atoms with van der Waals surface area (Å²) in [5.41, 5.74) is 10.9. The van der Waals surface area contributed by atoms with Crippen LogP contribution in [0.2, 0.25) is 0 Å². The summed E-state index contributed by atoms with van der Waals surface area (Å²) in [4.78, 5) is 46.4. The quantitative estimate of drug-likeness (QED) is 0.661. The first-order valence-electron chi connectivity index (χ1n) is 7.08. The summed E-state index contributed by atoms with van der Waals surface area (Å²) in [6.45, 7) is 1.39. The van der Waals surface area contributed by atoms with Gasteiger partial charge in [-0.05, 0) is 42.6 Å². The Balaban J connectivity index is 2.00. The van der Waals surface area contributed by atoms with E-state index in [1.54, 1.807) is 5.38 Å². The summed E-state index contributed by atoms with van der Waals surface area (Å²) in [7, 11) is 0. The van der Waals surface area contributed by atoms with Crippen molar-refractivity contribution in [1.82, 2.24) is 0 Å². The molecule has 0 saturated heterocycles. The van der Waals surface area contributed by atoms with Crippen molar-refractivity contribution in [1.29, 1.82) is 0 Å². The number of amides is 3. The van der Waals surface area contributed by atoms with Crippen LogP contribution in [0.25, 0.3) is 0 Å². The number of benzene rings is 1. The molecule has 0 fully saturated rings. The number of carbonyl (C=O) groups is 4. The van der Waals surface area contributed by atoms with E-state index in [9.17, 15) is 19.2 Å². The van der Waals surface area contributed by atoms with Crippen molar-refractivity contribution < 1.29 is 23.9 Å². The maximum atomic E-state index is 12.1. The van der Waals surface area contributed by atoms with E-state index in [0.29, 0.717) is 0 Å². The molecule has 25 heavy (non-hydrogen) atoms. The van der Waals surface area contributed by atoms with Crippen molar-refractivity contribution in [2.75, 3.05) is 5.32 Å². The fraction of sp³-hybridized carbons (Fsp3) is 0.125. The molecule has 3 amide bonds. The van der Waals surface area contributed by atoms with Gasteiger partial charge in [0, 0.05) is 5.56 Å². The fourth-order valence-corrected chi connectivity index (χ4v) is 2.66. The van der Waals surface area contributed by atoms with E-state index < -0.39 is 29.8 Å². The molecule has 2 aromatic rings. The van der Waals surface area contributed by atoms with Gasteiger partial charge in [-0.2, -0.15) is 0 Å². The topological polar surface area (TPSA) is 142 Å². The number of primary amides is 2. The summed E-state index contributed by atoms with van der Waals surface area (Å²) in [6, 6.07) is 7.00. The fourth-order valence-electron chi connectivity index (χ4n) is 1.87. The maximum Gasteiger partial charge on any atom is 0.338 e. The van der Waals surface area contributed by atoms with Gasteiger partial charge in [0.05, 0.1) is 11.1 Å². The van der Waals surface area contributed by atoms with Gasteiger partial charge >= 0.3 is 5.97 Å². The minimum atomic E-state index is -1.11. The van der Waals surface area contributed by atoms with E-state index in [4.69, 9.17) is 16.2 Å². The molecule has 0 aliphatic rings. The van der Waals surface area contributed by atoms with E-state index in [2.05, 4.69) is 5.32 Å². The van der Waals surface area contributed by atoms with Crippen molar-refractivity contribution in [3.05, 3.63) is 52.4 Å². The Morgan fingerprint density at radius 3 is 2.16 bits per heavy atom. The lowest BCUT2D eigenvalue weighted by molar-refractivity contribution is -0.123. The van der Waals surface area contributed by atoms with Crippen LogP contribution in [0, 0.1) is 0 Å². The van der Waals surface area contributed by atoms with Crippen LogP contribution in [0.1, 0.15) is 38.0 Å². The molecule has 1 heterocycles. The monoisotopic (exact) mass is 361 g/mol. The number of rotatable bonds is 6. The highest BCUT2D eigenvalue weighted by Gasteiger charge is 2.21. The average molecular weight is 361 g/mol. The van der Waals surface area contributed by atoms with Crippen LogP contribution in [-0.2, 0) is 9.53 Å². The van der Waals surface area contributed by atoms with E-state index in [1.807, 2.05) is 0 Å². The van der Waals surface area contributed by atoms with E-state index in [0.717, 1.165) is 11.3 Å². The molecule has 0 bridgehead atoms. The van der Waals surface area contributed by atoms with Gasteiger partial charge in [0.15, 0.2) is 6.10 Å². The number of anilines is 1. The molecule has 0 radical (unpaired) electrons. The lowest BCUT2D eigenvalue weighted by Crippen LogP contribution is -2.30. The van der Waals surface area contributed by atoms with Crippen LogP contribution in [0.3, 0.4) is 0 Å². The third kappa shape index (κ3) is 4.42. The number of carbonyl (C=O) groups excluding carboxylic acids is 4. The van der Waals surface area contributed by atoms with Gasteiger partial charge in [0.25, 0.3) is 11.8 Å². The second-order valence-corrected chi connectivity index (χ2v) is 5.92. The number of nitrogens with one attached hydrogen (secondary N) is 1. The Hall–Kier alpha value is -3.20. The van der Waals surface area contributed by atoms with E-state index in [1.165, 1.54) is 37.3 Å². The molecule has 9 heteroatoms. The molecule has 0 spiro atoms. The summed E-state index contributed by atoms with van der Waals surface area (Å²) in [6.07, 6.45) is -1.11. The molecule has 1 unspecified atom stereocenters. The van der Waals surface area contributed by atoms with Gasteiger partial charge in [-0.15, -0.1) is 11.3 Å². The average Bonchev–Trinajstić information content (AvgIpc) is 3.03. The van der Waals surface area contributed by atoms with Crippen molar-refractivity contribution in [2.45, 2.75) is 13.0 Å². The standard InChI is InChI=1S/C16H15N3O5S/c1-8(14(22)19-15-11(13(18)21)6-7-25-15)24-16(23)10-4-2-9(3-5-10)12(17)20/h2-8H,1H3,(H2,17,20)(H2,18,21)(H,19,22). The van der Waals surface area contributed by atoms with Gasteiger partial charge in [0.1, 0.15) is 5.00 Å². The summed E-state index contributed by atoms with van der Waals surface area (Å²) >= 11 is 1.13. The van der Waals surface area contributed by atoms with Gasteiger partial charge in [-0.1, -0.05) is 0 Å². The number of nitrogens with two attached hydrogens (primary N) is 2. The maximum absolute atomic E-state index is 12.1. The summed E-state index contributed by atoms with van der Waals surface area (Å²) in [5.74, 6) is -2.63. The first-order valence-corrected chi connectivity index (χ1v) is 7.96. The normalized spacial score (nSPS) is 11.4. The van der Waals surface area contributed by atoms with Gasteiger partial charge in [-0.25, -0.2) is 4.79 Å². The third-order valence-corrected chi connectivity index (χ3v) is 4.06. The zero-order valence-corrected chi connectivity index (χ0v) is 14.0. The lowest BCUT2D eigenvalue weighted by atomic mass is 10.1. The first-order chi connectivity index (χ1) is 11.8. The van der Waals surface area contributed by atoms with Crippen molar-refractivity contribution in [3.8, 4) is 0 Å². The number of esters is 1. The lowest BCUT2D eigenvalue weighted by Gasteiger charge is -2.13. The van der Waals surface area contributed by atoms with Gasteiger partial charge < -0.3 is 21.5 Å². The molecule has 1 aromatic carbocycles. The molecular weight excluding hydrogens is 346 g/mol. The summed E-state index contributed by atoms with van der Waals surface area (Å²) in [5, 5.41) is 4.38. The number of hydrogen-bond acceptors (Lipinski definition) is 6. The van der Waals surface area contributed by atoms with Gasteiger partial charge in [-0.3, -0.25) is 14.4 Å². The Bertz CT molecular complexity index is 829. The molecular formula is C16H15N3O5S. The van der Waals surface area contributed by atoms with Crippen LogP contribution in [-0.4, -0.2) is 29.8 Å². The predicted molar refractivity (Wildman–Crippen MR) is 91.3 cm³/mol. The number of hydrogen-bond donors (Lipinski definition) is 3. The SMILES string of the molecule is CC(OC(=O)c1ccc(C(N)=O)cc1)C(=O)Nc1sccc1C(N)=O. The van der Waals surface area contributed by atoms with E-state index in [-0.39, 0.29) is 21.7 Å². The van der Waals surface area contributed by atoms with Crippen LogP contribution in [0.15, 0.2) is 35.7 Å². The minimum absolute atomic E-state index is 0.165. The zero-order chi connectivity index (χ0) is 18.6. The Morgan fingerprint density at radius 2 is 1.60 bits per heavy atom. The second-order valence-electron chi connectivity index (χ2n) is 5.01. The highest BCUT2D eigenvalue weighted by atomic mass is 32.1. The van der Waals surface area contributed by atoms with Crippen molar-refractivity contribution in [2.24, 2.45) is 11.5 Å². The van der Waals surface area contributed by atoms with Crippen LogP contribution in [0.4, 0.5) is 5.00 Å². The Morgan fingerprint density at radius 1 is 1.00 bits per heavy atom. The summed E-state index contributed by atoms with van der Waals surface area (Å²) < 4.78 is 5.07. The van der Waals surface area contributed by atoms with Crippen molar-refractivity contribution in [3.63, 3.8) is 0 Å². The molecule has 0 aliphatic carbocycles. The molecule has 5 N–H and O–H groups in total. The number of thiophene rings is 1. The molecule has 0 aliphatic heterocycles. The Kier molecular flexibility index (Phi) is 5.50. The number of ether oxygens (including phenoxy) is 1. The minimum Gasteiger partial charge on any atom is -0.449 e.